The van der Waals surface area contributed by atoms with Crippen LogP contribution in [0.4, 0.5) is 0 Å². The van der Waals surface area contributed by atoms with E-state index in [4.69, 9.17) is 14.2 Å². The molecule has 2 heterocycles. The number of hydrogen-bond acceptors (Lipinski definition) is 5. The molecule has 168 valence electrons. The second kappa shape index (κ2) is 9.00. The molecule has 4 aromatic rings. The lowest BCUT2D eigenvalue weighted by Gasteiger charge is -2.22. The molecule has 0 aliphatic carbocycles. The topological polar surface area (TPSA) is 72.6 Å². The van der Waals surface area contributed by atoms with Gasteiger partial charge in [-0.1, -0.05) is 42.5 Å². The molecule has 0 radical (unpaired) electrons. The Labute approximate surface area is 192 Å². The van der Waals surface area contributed by atoms with Crippen molar-refractivity contribution in [2.45, 2.75) is 19.1 Å². The number of esters is 1. The van der Waals surface area contributed by atoms with Crippen LogP contribution in [0, 0.1) is 0 Å². The lowest BCUT2D eigenvalue weighted by Crippen LogP contribution is -2.27. The number of carbonyl (C=O) groups excluding carboxylic acids is 1. The number of para-hydroxylation sites is 1. The first-order valence-electron chi connectivity index (χ1n) is 11.1. The minimum atomic E-state index is -0.481. The van der Waals surface area contributed by atoms with Gasteiger partial charge in [0.05, 0.1) is 19.3 Å². The molecular formula is C27H26N2O4. The van der Waals surface area contributed by atoms with Crippen LogP contribution in [0.1, 0.15) is 46.1 Å². The van der Waals surface area contributed by atoms with Crippen molar-refractivity contribution in [3.8, 4) is 11.5 Å². The van der Waals surface area contributed by atoms with Crippen LogP contribution in [0.15, 0.2) is 72.9 Å². The maximum absolute atomic E-state index is 12.3. The highest BCUT2D eigenvalue weighted by molar-refractivity contribution is 5.93. The number of ether oxygens (including phenoxy) is 3. The Balaban J connectivity index is 1.51. The molecule has 2 N–H and O–H groups in total. The molecule has 0 saturated heterocycles. The van der Waals surface area contributed by atoms with E-state index in [1.165, 1.54) is 0 Å². The Bertz CT molecular complexity index is 1300. The number of carbonyl (C=O) groups is 1. The highest BCUT2D eigenvalue weighted by Gasteiger charge is 2.31. The number of aromatic amines is 1. The number of benzene rings is 3. The fraction of sp³-hybridized carbons (Fsp3) is 0.222. The first kappa shape index (κ1) is 21.1. The lowest BCUT2D eigenvalue weighted by molar-refractivity contribution is 0.0307. The summed E-state index contributed by atoms with van der Waals surface area (Å²) >= 11 is 0. The van der Waals surface area contributed by atoms with Crippen molar-refractivity contribution in [2.24, 2.45) is 0 Å². The number of cyclic esters (lactones) is 1. The quantitative estimate of drug-likeness (QED) is 0.369. The molecule has 0 saturated carbocycles. The van der Waals surface area contributed by atoms with Gasteiger partial charge in [-0.15, -0.1) is 0 Å². The summed E-state index contributed by atoms with van der Waals surface area (Å²) in [6.07, 6.45) is 1.57. The standard InChI is InChI=1S/C27H26N2O4/c1-3-32-24-13-12-17(14-25(24)31-2)21(22-16-28-23-11-7-6-8-18(22)23)15-29-26-19-9-4-5-10-20(19)27(30)33-26/h4-14,16,21,26,28-29H,3,15H2,1-2H3. The highest BCUT2D eigenvalue weighted by Crippen LogP contribution is 2.37. The molecule has 6 nitrogen and oxygen atoms in total. The monoisotopic (exact) mass is 442 g/mol. The fourth-order valence-corrected chi connectivity index (χ4v) is 4.49. The van der Waals surface area contributed by atoms with Crippen LogP contribution in [0.2, 0.25) is 0 Å². The summed E-state index contributed by atoms with van der Waals surface area (Å²) in [6, 6.07) is 21.8. The predicted octanol–water partition coefficient (Wildman–Crippen LogP) is 5.17. The maximum atomic E-state index is 12.3. The summed E-state index contributed by atoms with van der Waals surface area (Å²) in [5, 5.41) is 4.62. The van der Waals surface area contributed by atoms with Crippen molar-refractivity contribution in [1.82, 2.24) is 10.3 Å². The van der Waals surface area contributed by atoms with Crippen molar-refractivity contribution >= 4 is 16.9 Å². The van der Waals surface area contributed by atoms with Gasteiger partial charge in [0.25, 0.3) is 0 Å². The second-order valence-corrected chi connectivity index (χ2v) is 7.97. The van der Waals surface area contributed by atoms with E-state index < -0.39 is 6.23 Å². The van der Waals surface area contributed by atoms with Crippen LogP contribution in [0.5, 0.6) is 11.5 Å². The average molecular weight is 443 g/mol. The third-order valence-corrected chi connectivity index (χ3v) is 6.08. The normalized spacial score (nSPS) is 15.8. The maximum Gasteiger partial charge on any atom is 0.340 e. The molecule has 1 aliphatic heterocycles. The van der Waals surface area contributed by atoms with Crippen LogP contribution >= 0.6 is 0 Å². The number of rotatable bonds is 8. The molecule has 6 heteroatoms. The number of hydrogen-bond donors (Lipinski definition) is 2. The highest BCUT2D eigenvalue weighted by atomic mass is 16.6. The molecule has 2 unspecified atom stereocenters. The second-order valence-electron chi connectivity index (χ2n) is 7.97. The van der Waals surface area contributed by atoms with E-state index in [9.17, 15) is 4.79 Å². The summed E-state index contributed by atoms with van der Waals surface area (Å²) in [5.41, 5.74) is 4.78. The third kappa shape index (κ3) is 3.94. The fourth-order valence-electron chi connectivity index (χ4n) is 4.49. The predicted molar refractivity (Wildman–Crippen MR) is 127 cm³/mol. The van der Waals surface area contributed by atoms with E-state index in [-0.39, 0.29) is 11.9 Å². The minimum absolute atomic E-state index is 0.0165. The van der Waals surface area contributed by atoms with Gasteiger partial charge < -0.3 is 19.2 Å². The van der Waals surface area contributed by atoms with E-state index in [0.29, 0.717) is 30.2 Å². The van der Waals surface area contributed by atoms with Gasteiger partial charge in [0.2, 0.25) is 0 Å². The smallest absolute Gasteiger partial charge is 0.340 e. The molecule has 0 bridgehead atoms. The summed E-state index contributed by atoms with van der Waals surface area (Å²) < 4.78 is 16.9. The zero-order chi connectivity index (χ0) is 22.8. The molecule has 2 atom stereocenters. The van der Waals surface area contributed by atoms with Gasteiger partial charge >= 0.3 is 5.97 Å². The molecule has 0 amide bonds. The van der Waals surface area contributed by atoms with Crippen molar-refractivity contribution in [3.05, 3.63) is 95.2 Å². The number of aromatic nitrogens is 1. The summed E-state index contributed by atoms with van der Waals surface area (Å²) in [7, 11) is 1.65. The molecular weight excluding hydrogens is 416 g/mol. The van der Waals surface area contributed by atoms with E-state index in [2.05, 4.69) is 34.7 Å². The molecule has 1 aliphatic rings. The number of nitrogens with one attached hydrogen (secondary N) is 2. The third-order valence-electron chi connectivity index (χ3n) is 6.08. The number of H-pyrrole nitrogens is 1. The van der Waals surface area contributed by atoms with Crippen molar-refractivity contribution in [3.63, 3.8) is 0 Å². The van der Waals surface area contributed by atoms with E-state index >= 15 is 0 Å². The molecule has 3 aromatic carbocycles. The Morgan fingerprint density at radius 1 is 1.06 bits per heavy atom. The Morgan fingerprint density at radius 2 is 1.88 bits per heavy atom. The van der Waals surface area contributed by atoms with Crippen LogP contribution in [0.25, 0.3) is 10.9 Å². The van der Waals surface area contributed by atoms with Gasteiger partial charge in [0.15, 0.2) is 17.7 Å². The van der Waals surface area contributed by atoms with Gasteiger partial charge in [-0.05, 0) is 42.3 Å². The van der Waals surface area contributed by atoms with Gasteiger partial charge in [-0.25, -0.2) is 4.79 Å². The number of methoxy groups -OCH3 is 1. The van der Waals surface area contributed by atoms with Gasteiger partial charge in [0, 0.05) is 35.1 Å². The summed E-state index contributed by atoms with van der Waals surface area (Å²) in [5.74, 6) is 1.09. The van der Waals surface area contributed by atoms with Crippen molar-refractivity contribution < 1.29 is 19.0 Å². The number of fused-ring (bicyclic) bond motifs is 2. The van der Waals surface area contributed by atoms with E-state index in [1.54, 1.807) is 13.2 Å². The van der Waals surface area contributed by atoms with Gasteiger partial charge in [-0.3, -0.25) is 5.32 Å². The SMILES string of the molecule is CCOc1ccc(C(CNC2OC(=O)c3ccccc32)c2c[nH]c3ccccc23)cc1OC. The average Bonchev–Trinajstić information content (AvgIpc) is 3.42. The molecule has 33 heavy (non-hydrogen) atoms. The zero-order valence-corrected chi connectivity index (χ0v) is 18.6. The molecule has 0 spiro atoms. The Hall–Kier alpha value is -3.77. The Kier molecular flexibility index (Phi) is 5.75. The van der Waals surface area contributed by atoms with Gasteiger partial charge in [-0.2, -0.15) is 0 Å². The van der Waals surface area contributed by atoms with E-state index in [0.717, 1.165) is 27.6 Å². The zero-order valence-electron chi connectivity index (χ0n) is 18.6. The van der Waals surface area contributed by atoms with Gasteiger partial charge in [0.1, 0.15) is 0 Å². The first-order valence-corrected chi connectivity index (χ1v) is 11.1. The lowest BCUT2D eigenvalue weighted by atomic mass is 9.90. The minimum Gasteiger partial charge on any atom is -0.493 e. The van der Waals surface area contributed by atoms with Crippen LogP contribution in [0.3, 0.4) is 0 Å². The largest absolute Gasteiger partial charge is 0.493 e. The first-order chi connectivity index (χ1) is 16.2. The van der Waals surface area contributed by atoms with Crippen molar-refractivity contribution in [1.29, 1.82) is 0 Å². The molecule has 1 aromatic heterocycles. The van der Waals surface area contributed by atoms with Crippen LogP contribution < -0.4 is 14.8 Å². The van der Waals surface area contributed by atoms with Crippen LogP contribution in [-0.2, 0) is 4.74 Å². The molecule has 5 rings (SSSR count). The van der Waals surface area contributed by atoms with Crippen molar-refractivity contribution in [2.75, 3.05) is 20.3 Å². The summed E-state index contributed by atoms with van der Waals surface area (Å²) in [6.45, 7) is 3.08. The molecule has 0 fully saturated rings. The van der Waals surface area contributed by atoms with E-state index in [1.807, 2.05) is 49.4 Å². The summed E-state index contributed by atoms with van der Waals surface area (Å²) in [4.78, 5) is 15.7. The Morgan fingerprint density at radius 3 is 2.73 bits per heavy atom. The van der Waals surface area contributed by atoms with Crippen LogP contribution in [-0.4, -0.2) is 31.2 Å².